The zero-order chi connectivity index (χ0) is 15.7. The number of hydrogen-bond acceptors (Lipinski definition) is 3. The van der Waals surface area contributed by atoms with Crippen LogP contribution >= 0.6 is 0 Å². The lowest BCUT2D eigenvalue weighted by Crippen LogP contribution is -2.29. The second kappa shape index (κ2) is 9.13. The predicted molar refractivity (Wildman–Crippen MR) is 85.0 cm³/mol. The van der Waals surface area contributed by atoms with Crippen molar-refractivity contribution in [2.45, 2.75) is 41.0 Å². The highest BCUT2D eigenvalue weighted by Gasteiger charge is 2.36. The van der Waals surface area contributed by atoms with Gasteiger partial charge in [0.1, 0.15) is 0 Å². The molecule has 4 nitrogen and oxygen atoms in total. The predicted octanol–water partition coefficient (Wildman–Crippen LogP) is 3.68. The molecule has 1 aromatic rings. The monoisotopic (exact) mass is 278 g/mol. The van der Waals surface area contributed by atoms with Crippen LogP contribution in [0.2, 0.25) is 0 Å². The van der Waals surface area contributed by atoms with Crippen molar-refractivity contribution in [1.29, 1.82) is 0 Å². The first-order chi connectivity index (χ1) is 9.63. The van der Waals surface area contributed by atoms with Crippen molar-refractivity contribution in [1.82, 2.24) is 0 Å². The van der Waals surface area contributed by atoms with Crippen molar-refractivity contribution in [2.24, 2.45) is 5.92 Å². The lowest BCUT2D eigenvalue weighted by atomic mass is 10.1. The van der Waals surface area contributed by atoms with Crippen LogP contribution in [0.15, 0.2) is 24.3 Å². The molecular weight excluding hydrogens is 252 g/mol. The molecule has 0 aromatic heterocycles. The Balaban J connectivity index is 0.000000829. The smallest absolute Gasteiger partial charge is 0.237 e. The average Bonchev–Trinajstić information content (AvgIpc) is 2.76. The van der Waals surface area contributed by atoms with E-state index in [4.69, 9.17) is 0 Å². The third kappa shape index (κ3) is 4.08. The van der Waals surface area contributed by atoms with Crippen LogP contribution in [0.5, 0.6) is 0 Å². The maximum Gasteiger partial charge on any atom is 0.237 e. The molecule has 20 heavy (non-hydrogen) atoms. The van der Waals surface area contributed by atoms with Gasteiger partial charge in [0, 0.05) is 25.1 Å². The van der Waals surface area contributed by atoms with Crippen LogP contribution in [0.4, 0.5) is 11.4 Å². The first kappa shape index (κ1) is 18.2. The maximum atomic E-state index is 11.8. The minimum atomic E-state index is -0.198. The third-order valence-electron chi connectivity index (χ3n) is 2.79. The van der Waals surface area contributed by atoms with Gasteiger partial charge in [-0.05, 0) is 24.3 Å². The van der Waals surface area contributed by atoms with Gasteiger partial charge in [0.2, 0.25) is 11.8 Å². The summed E-state index contributed by atoms with van der Waals surface area (Å²) >= 11 is 0. The number of amides is 2. The quantitative estimate of drug-likeness (QED) is 0.839. The van der Waals surface area contributed by atoms with Gasteiger partial charge in [-0.2, -0.15) is 0 Å². The van der Waals surface area contributed by atoms with E-state index >= 15 is 0 Å². The van der Waals surface area contributed by atoms with Gasteiger partial charge in [-0.1, -0.05) is 34.6 Å². The number of imide groups is 1. The molecule has 0 bridgehead atoms. The molecule has 1 aliphatic heterocycles. The molecule has 1 aliphatic rings. The molecule has 0 aliphatic carbocycles. The summed E-state index contributed by atoms with van der Waals surface area (Å²) in [5.41, 5.74) is 1.61. The molecule has 1 heterocycles. The number of anilines is 2. The molecule has 0 spiro atoms. The first-order valence-corrected chi connectivity index (χ1v) is 7.28. The fraction of sp³-hybridized carbons (Fsp3) is 0.500. The molecule has 1 N–H and O–H groups in total. The Kier molecular flexibility index (Phi) is 8.29. The van der Waals surface area contributed by atoms with Crippen LogP contribution in [0.25, 0.3) is 0 Å². The van der Waals surface area contributed by atoms with E-state index in [-0.39, 0.29) is 17.7 Å². The minimum absolute atomic E-state index is 0.109. The highest BCUT2D eigenvalue weighted by Crippen LogP contribution is 2.26. The molecule has 2 rings (SSSR count). The second-order valence-corrected chi connectivity index (χ2v) is 3.97. The molecule has 1 atom stereocenters. The van der Waals surface area contributed by atoms with Crippen molar-refractivity contribution < 1.29 is 9.59 Å². The number of hydrogen-bond donors (Lipinski definition) is 1. The Bertz CT molecular complexity index is 427. The molecule has 4 heteroatoms. The highest BCUT2D eigenvalue weighted by molar-refractivity contribution is 6.20. The van der Waals surface area contributed by atoms with E-state index in [0.717, 1.165) is 5.69 Å². The lowest BCUT2D eigenvalue weighted by Gasteiger charge is -2.14. The number of carbonyl (C=O) groups excluding carboxylic acids is 2. The molecule has 1 aromatic carbocycles. The number of carbonyl (C=O) groups is 2. The van der Waals surface area contributed by atoms with Crippen molar-refractivity contribution in [3.05, 3.63) is 24.3 Å². The van der Waals surface area contributed by atoms with Gasteiger partial charge in [-0.3, -0.25) is 14.5 Å². The van der Waals surface area contributed by atoms with Gasteiger partial charge < -0.3 is 5.32 Å². The van der Waals surface area contributed by atoms with Crippen LogP contribution in [0.3, 0.4) is 0 Å². The van der Waals surface area contributed by atoms with E-state index in [1.54, 1.807) is 19.1 Å². The summed E-state index contributed by atoms with van der Waals surface area (Å²) in [4.78, 5) is 24.7. The Labute approximate surface area is 122 Å². The van der Waals surface area contributed by atoms with Gasteiger partial charge in [0.25, 0.3) is 0 Å². The maximum absolute atomic E-state index is 11.8. The van der Waals surface area contributed by atoms with Gasteiger partial charge in [0.15, 0.2) is 0 Å². The Morgan fingerprint density at radius 2 is 1.55 bits per heavy atom. The average molecular weight is 278 g/mol. The van der Waals surface area contributed by atoms with Crippen LogP contribution in [0, 0.1) is 5.92 Å². The number of nitrogens with one attached hydrogen (secondary N) is 1. The van der Waals surface area contributed by atoms with Crippen molar-refractivity contribution >= 4 is 23.2 Å². The molecular formula is C16H26N2O2. The van der Waals surface area contributed by atoms with Crippen molar-refractivity contribution in [2.75, 3.05) is 17.3 Å². The summed E-state index contributed by atoms with van der Waals surface area (Å²) in [7, 11) is 1.82. The standard InChI is InChI=1S/C12H14N2O2.2C2H6/c1-8-7-11(15)14(12(8)16)10-5-3-9(13-2)4-6-10;2*1-2/h3-6,8,13H,7H2,1-2H3;2*1-2H3. The van der Waals surface area contributed by atoms with Crippen LogP contribution in [-0.4, -0.2) is 18.9 Å². The summed E-state index contributed by atoms with van der Waals surface area (Å²) < 4.78 is 0. The van der Waals surface area contributed by atoms with E-state index in [2.05, 4.69) is 5.32 Å². The van der Waals surface area contributed by atoms with Crippen LogP contribution in [0.1, 0.15) is 41.0 Å². The summed E-state index contributed by atoms with van der Waals surface area (Å²) in [6.07, 6.45) is 0.312. The minimum Gasteiger partial charge on any atom is -0.388 e. The van der Waals surface area contributed by atoms with E-state index in [1.165, 1.54) is 4.90 Å². The van der Waals surface area contributed by atoms with E-state index in [0.29, 0.717) is 12.1 Å². The Hall–Kier alpha value is -1.84. The second-order valence-electron chi connectivity index (χ2n) is 3.97. The van der Waals surface area contributed by atoms with Crippen molar-refractivity contribution in [3.8, 4) is 0 Å². The van der Waals surface area contributed by atoms with Crippen LogP contribution in [-0.2, 0) is 9.59 Å². The molecule has 1 fully saturated rings. The largest absolute Gasteiger partial charge is 0.388 e. The lowest BCUT2D eigenvalue weighted by molar-refractivity contribution is -0.122. The van der Waals surface area contributed by atoms with E-state index in [1.807, 2.05) is 46.9 Å². The molecule has 112 valence electrons. The number of nitrogens with zero attached hydrogens (tertiary/aromatic N) is 1. The van der Waals surface area contributed by atoms with Crippen molar-refractivity contribution in [3.63, 3.8) is 0 Å². The van der Waals surface area contributed by atoms with Crippen LogP contribution < -0.4 is 10.2 Å². The molecule has 1 saturated heterocycles. The summed E-state index contributed by atoms with van der Waals surface area (Å²) in [6, 6.07) is 7.25. The van der Waals surface area contributed by atoms with Gasteiger partial charge >= 0.3 is 0 Å². The first-order valence-electron chi connectivity index (χ1n) is 7.28. The molecule has 2 amide bonds. The van der Waals surface area contributed by atoms with Gasteiger partial charge in [0.05, 0.1) is 5.69 Å². The zero-order valence-corrected chi connectivity index (χ0v) is 13.4. The van der Waals surface area contributed by atoms with Gasteiger partial charge in [-0.25, -0.2) is 0 Å². The summed E-state index contributed by atoms with van der Waals surface area (Å²) in [5.74, 6) is -0.423. The zero-order valence-electron chi connectivity index (χ0n) is 13.4. The normalized spacial score (nSPS) is 16.9. The molecule has 0 saturated carbocycles. The summed E-state index contributed by atoms with van der Waals surface area (Å²) in [6.45, 7) is 9.78. The number of rotatable bonds is 2. The Morgan fingerprint density at radius 1 is 1.05 bits per heavy atom. The van der Waals surface area contributed by atoms with E-state index in [9.17, 15) is 9.59 Å². The summed E-state index contributed by atoms with van der Waals surface area (Å²) in [5, 5.41) is 2.99. The SMILES string of the molecule is CC.CC.CNc1ccc(N2C(=O)CC(C)C2=O)cc1. The molecule has 1 unspecified atom stereocenters. The fourth-order valence-electron chi connectivity index (χ4n) is 1.83. The fourth-order valence-corrected chi connectivity index (χ4v) is 1.83. The van der Waals surface area contributed by atoms with E-state index < -0.39 is 0 Å². The third-order valence-corrected chi connectivity index (χ3v) is 2.79. The topological polar surface area (TPSA) is 49.4 Å². The molecule has 0 radical (unpaired) electrons. The van der Waals surface area contributed by atoms with Gasteiger partial charge in [-0.15, -0.1) is 0 Å². The highest BCUT2D eigenvalue weighted by atomic mass is 16.2. The number of benzene rings is 1. The Morgan fingerprint density at radius 3 is 1.90 bits per heavy atom.